The number of amides is 1. The van der Waals surface area contributed by atoms with Gasteiger partial charge in [0.1, 0.15) is 11.6 Å². The van der Waals surface area contributed by atoms with Crippen LogP contribution in [0.2, 0.25) is 0 Å². The van der Waals surface area contributed by atoms with Crippen LogP contribution in [-0.4, -0.2) is 69.8 Å². The molecular weight excluding hydrogens is 558 g/mol. The van der Waals surface area contributed by atoms with Crippen LogP contribution in [0.25, 0.3) is 16.9 Å². The van der Waals surface area contributed by atoms with Crippen LogP contribution in [0, 0.1) is 36.1 Å². The summed E-state index contributed by atoms with van der Waals surface area (Å²) in [7, 11) is 3.02. The Hall–Kier alpha value is -4.52. The zero-order valence-corrected chi connectivity index (χ0v) is 22.9. The Labute approximate surface area is 237 Å². The zero-order valence-electron chi connectivity index (χ0n) is 22.9. The highest BCUT2D eigenvalue weighted by molar-refractivity contribution is 5.94. The number of carboxylic acid groups (broad SMARTS) is 1. The number of halogens is 4. The fourth-order valence-corrected chi connectivity index (χ4v) is 5.35. The number of aliphatic carboxylic acids is 1. The quantitative estimate of drug-likeness (QED) is 0.241. The van der Waals surface area contributed by atoms with Crippen LogP contribution in [0.4, 0.5) is 29.1 Å². The fraction of sp³-hybridized carbons (Fsp3) is 0.310. The average Bonchev–Trinajstić information content (AvgIpc) is 3.39. The van der Waals surface area contributed by atoms with Crippen molar-refractivity contribution in [2.24, 2.45) is 5.92 Å². The first-order valence-electron chi connectivity index (χ1n) is 13.1. The normalized spacial score (nSPS) is 17.1. The van der Waals surface area contributed by atoms with Crippen LogP contribution in [0.15, 0.2) is 42.5 Å². The molecule has 2 atom stereocenters. The minimum atomic E-state index is -1.63. The van der Waals surface area contributed by atoms with Crippen LogP contribution in [0.1, 0.15) is 28.9 Å². The predicted octanol–water partition coefficient (Wildman–Crippen LogP) is 4.98. The number of nitrogens with zero attached hydrogens (tertiary/aromatic N) is 5. The molecule has 4 aromatic rings. The molecule has 42 heavy (non-hydrogen) atoms. The van der Waals surface area contributed by atoms with Gasteiger partial charge >= 0.3 is 5.97 Å². The van der Waals surface area contributed by atoms with Gasteiger partial charge in [-0.1, -0.05) is 12.1 Å². The summed E-state index contributed by atoms with van der Waals surface area (Å²) >= 11 is 0. The number of hydrogen-bond donors (Lipinski definition) is 1. The van der Waals surface area contributed by atoms with Gasteiger partial charge in [-0.3, -0.25) is 9.59 Å². The number of para-hydroxylation sites is 1. The van der Waals surface area contributed by atoms with E-state index in [9.17, 15) is 32.3 Å². The third-order valence-corrected chi connectivity index (χ3v) is 7.50. The summed E-state index contributed by atoms with van der Waals surface area (Å²) in [6.07, 6.45) is -0.166. The predicted molar refractivity (Wildman–Crippen MR) is 145 cm³/mol. The van der Waals surface area contributed by atoms with Crippen molar-refractivity contribution >= 4 is 29.0 Å². The number of piperidine rings is 1. The van der Waals surface area contributed by atoms with Gasteiger partial charge in [-0.2, -0.15) is 9.61 Å². The SMILES string of the molecule is CO[C@H]1CN(C(=O)c2cc3nc(-c4cc(F)c(F)c(F)c4)cc(N(C)c4c(C)cccc4F)n3n2)CC[C@H]1CC(=O)O. The molecular formula is C29H27F4N5O4. The van der Waals surface area contributed by atoms with E-state index < -0.39 is 41.2 Å². The maximum Gasteiger partial charge on any atom is 0.303 e. The van der Waals surface area contributed by atoms with Crippen molar-refractivity contribution in [1.29, 1.82) is 0 Å². The zero-order chi connectivity index (χ0) is 30.3. The molecule has 3 heterocycles. The topological polar surface area (TPSA) is 100 Å². The molecule has 1 N–H and O–H groups in total. The fourth-order valence-electron chi connectivity index (χ4n) is 5.35. The molecule has 0 saturated carbocycles. The van der Waals surface area contributed by atoms with Gasteiger partial charge in [-0.05, 0) is 43.0 Å². The van der Waals surface area contributed by atoms with Crippen LogP contribution >= 0.6 is 0 Å². The number of anilines is 2. The minimum absolute atomic E-state index is 0.0115. The Bertz CT molecular complexity index is 1650. The van der Waals surface area contributed by atoms with E-state index in [2.05, 4.69) is 10.1 Å². The van der Waals surface area contributed by atoms with Crippen molar-refractivity contribution in [3.63, 3.8) is 0 Å². The maximum absolute atomic E-state index is 15.0. The van der Waals surface area contributed by atoms with E-state index in [1.165, 1.54) is 39.6 Å². The van der Waals surface area contributed by atoms with E-state index in [-0.39, 0.29) is 59.5 Å². The van der Waals surface area contributed by atoms with Gasteiger partial charge in [-0.25, -0.2) is 22.5 Å². The van der Waals surface area contributed by atoms with Gasteiger partial charge in [0.25, 0.3) is 5.91 Å². The van der Waals surface area contributed by atoms with Crippen molar-refractivity contribution < 1.29 is 37.0 Å². The van der Waals surface area contributed by atoms with E-state index in [1.54, 1.807) is 26.1 Å². The molecule has 1 aliphatic heterocycles. The smallest absolute Gasteiger partial charge is 0.303 e. The first-order valence-corrected chi connectivity index (χ1v) is 13.1. The molecule has 1 aliphatic rings. The molecule has 9 nitrogen and oxygen atoms in total. The summed E-state index contributed by atoms with van der Waals surface area (Å²) in [5.74, 6) is -6.45. The van der Waals surface area contributed by atoms with E-state index in [0.717, 1.165) is 12.1 Å². The molecule has 2 aromatic carbocycles. The summed E-state index contributed by atoms with van der Waals surface area (Å²) in [5, 5.41) is 13.7. The number of ether oxygens (including phenoxy) is 1. The van der Waals surface area contributed by atoms with Crippen LogP contribution in [0.5, 0.6) is 0 Å². The minimum Gasteiger partial charge on any atom is -0.481 e. The maximum atomic E-state index is 15.0. The second kappa shape index (κ2) is 11.4. The second-order valence-electron chi connectivity index (χ2n) is 10.2. The molecule has 13 heteroatoms. The highest BCUT2D eigenvalue weighted by Crippen LogP contribution is 2.33. The monoisotopic (exact) mass is 585 g/mol. The molecule has 0 radical (unpaired) electrons. The number of aryl methyl sites for hydroxylation is 1. The Kier molecular flexibility index (Phi) is 7.87. The van der Waals surface area contributed by atoms with Gasteiger partial charge in [0, 0.05) is 44.9 Å². The Balaban J connectivity index is 1.60. The third-order valence-electron chi connectivity index (χ3n) is 7.50. The van der Waals surface area contributed by atoms with E-state index in [1.807, 2.05) is 0 Å². The van der Waals surface area contributed by atoms with Gasteiger partial charge in [0.15, 0.2) is 28.8 Å². The van der Waals surface area contributed by atoms with Crippen molar-refractivity contribution in [1.82, 2.24) is 19.5 Å². The number of carboxylic acids is 1. The number of benzene rings is 2. The lowest BCUT2D eigenvalue weighted by molar-refractivity contribution is -0.140. The molecule has 2 aromatic heterocycles. The summed E-state index contributed by atoms with van der Waals surface area (Å²) in [6.45, 7) is 2.13. The van der Waals surface area contributed by atoms with Crippen molar-refractivity contribution in [3.05, 3.63) is 77.0 Å². The molecule has 1 amide bonds. The molecule has 0 unspecified atom stereocenters. The lowest BCUT2D eigenvalue weighted by atomic mass is 9.90. The number of methoxy groups -OCH3 is 1. The Morgan fingerprint density at radius 3 is 2.45 bits per heavy atom. The first kappa shape index (κ1) is 29.0. The number of aromatic nitrogens is 3. The van der Waals surface area contributed by atoms with Crippen molar-refractivity contribution in [2.75, 3.05) is 32.1 Å². The van der Waals surface area contributed by atoms with E-state index >= 15 is 0 Å². The largest absolute Gasteiger partial charge is 0.481 e. The first-order chi connectivity index (χ1) is 20.0. The number of likely N-dealkylation sites (tertiary alicyclic amines) is 1. The molecule has 0 aliphatic carbocycles. The highest BCUT2D eigenvalue weighted by Gasteiger charge is 2.34. The van der Waals surface area contributed by atoms with Gasteiger partial charge in [0.05, 0.1) is 23.9 Å². The summed E-state index contributed by atoms with van der Waals surface area (Å²) in [6, 6.07) is 8.92. The number of carbonyl (C=O) groups excluding carboxylic acids is 1. The molecule has 0 bridgehead atoms. The summed E-state index contributed by atoms with van der Waals surface area (Å²) in [5.41, 5.74) is 0.833. The van der Waals surface area contributed by atoms with Gasteiger partial charge < -0.3 is 19.6 Å². The van der Waals surface area contributed by atoms with Crippen LogP contribution < -0.4 is 4.90 Å². The molecule has 1 fully saturated rings. The van der Waals surface area contributed by atoms with Crippen molar-refractivity contribution in [2.45, 2.75) is 25.9 Å². The molecule has 0 spiro atoms. The van der Waals surface area contributed by atoms with Crippen LogP contribution in [-0.2, 0) is 9.53 Å². The van der Waals surface area contributed by atoms with Gasteiger partial charge in [-0.15, -0.1) is 0 Å². The average molecular weight is 586 g/mol. The van der Waals surface area contributed by atoms with E-state index in [4.69, 9.17) is 4.74 Å². The van der Waals surface area contributed by atoms with Crippen molar-refractivity contribution in [3.8, 4) is 11.3 Å². The molecule has 1 saturated heterocycles. The Morgan fingerprint density at radius 1 is 1.10 bits per heavy atom. The second-order valence-corrected chi connectivity index (χ2v) is 10.2. The summed E-state index contributed by atoms with van der Waals surface area (Å²) < 4.78 is 63.7. The molecule has 220 valence electrons. The Morgan fingerprint density at radius 2 is 1.81 bits per heavy atom. The number of carbonyl (C=O) groups is 2. The lowest BCUT2D eigenvalue weighted by Gasteiger charge is -2.36. The third kappa shape index (κ3) is 5.39. The number of hydrogen-bond acceptors (Lipinski definition) is 6. The van der Waals surface area contributed by atoms with E-state index in [0.29, 0.717) is 12.0 Å². The number of fused-ring (bicyclic) bond motifs is 1. The lowest BCUT2D eigenvalue weighted by Crippen LogP contribution is -2.48. The highest BCUT2D eigenvalue weighted by atomic mass is 19.2. The number of rotatable bonds is 7. The standard InChI is InChI=1S/C29H27F4N5O4/c1-15-5-4-6-18(30)28(15)36(2)25-13-21(17-9-19(31)27(33)20(32)10-17)34-24-12-22(35-38(24)25)29(41)37-8-7-16(11-26(39)40)23(14-37)42-3/h4-6,9-10,12-13,16,23H,7-8,11,14H2,1-3H3,(H,39,40)/t16-,23-/m0/s1. The van der Waals surface area contributed by atoms with Crippen LogP contribution in [0.3, 0.4) is 0 Å². The summed E-state index contributed by atoms with van der Waals surface area (Å²) in [4.78, 5) is 32.2. The van der Waals surface area contributed by atoms with Gasteiger partial charge in [0.2, 0.25) is 0 Å². The molecule has 5 rings (SSSR count).